The minimum atomic E-state index is -0.536. The van der Waals surface area contributed by atoms with Crippen molar-refractivity contribution < 1.29 is 9.53 Å². The molecule has 0 saturated heterocycles. The van der Waals surface area contributed by atoms with Crippen LogP contribution in [0.15, 0.2) is 33.7 Å². The van der Waals surface area contributed by atoms with Gasteiger partial charge in [-0.25, -0.2) is 4.79 Å². The quantitative estimate of drug-likeness (QED) is 0.622. The molecule has 1 aromatic rings. The zero-order valence-corrected chi connectivity index (χ0v) is 11.5. The molecule has 0 unspecified atom stereocenters. The highest BCUT2D eigenvalue weighted by molar-refractivity contribution is 9.10. The molecule has 1 aromatic heterocycles. The second-order valence-electron chi connectivity index (χ2n) is 4.44. The lowest BCUT2D eigenvalue weighted by atomic mass is 10.2. The van der Waals surface area contributed by atoms with Crippen molar-refractivity contribution in [3.8, 4) is 0 Å². The first-order valence-corrected chi connectivity index (χ1v) is 5.86. The number of carbonyl (C=O) groups excluding carboxylic acids is 1. The first-order chi connectivity index (χ1) is 7.78. The van der Waals surface area contributed by atoms with E-state index in [0.717, 1.165) is 0 Å². The Balaban J connectivity index is 2.78. The average molecular weight is 300 g/mol. The van der Waals surface area contributed by atoms with Gasteiger partial charge < -0.3 is 4.74 Å². The second kappa shape index (κ2) is 5.31. The lowest BCUT2D eigenvalue weighted by molar-refractivity contribution is -0.148. The van der Waals surface area contributed by atoms with Crippen LogP contribution in [-0.4, -0.2) is 16.1 Å². The number of aromatic nitrogens is 1. The lowest BCUT2D eigenvalue weighted by Crippen LogP contribution is -2.23. The van der Waals surface area contributed by atoms with E-state index in [1.54, 1.807) is 33.0 Å². The number of nitrogens with zero attached hydrogens (tertiary/aromatic N) is 1. The van der Waals surface area contributed by atoms with Crippen molar-refractivity contribution >= 4 is 28.1 Å². The van der Waals surface area contributed by atoms with Crippen molar-refractivity contribution in [3.63, 3.8) is 0 Å². The standard InChI is InChI=1S/C12H14BrNO3/c1-12(2,3)17-11(16)5-7-14-6-4-9(13)8-10(14)15/h4-8H,1-3H3/b7-5+. The summed E-state index contributed by atoms with van der Waals surface area (Å²) in [5, 5.41) is 0. The van der Waals surface area contributed by atoms with Gasteiger partial charge in [0.2, 0.25) is 0 Å². The highest BCUT2D eigenvalue weighted by Crippen LogP contribution is 2.07. The van der Waals surface area contributed by atoms with Crippen LogP contribution >= 0.6 is 15.9 Å². The summed E-state index contributed by atoms with van der Waals surface area (Å²) >= 11 is 3.19. The van der Waals surface area contributed by atoms with Crippen LogP contribution in [0.2, 0.25) is 0 Å². The summed E-state index contributed by atoms with van der Waals surface area (Å²) in [6, 6.07) is 3.13. The third kappa shape index (κ3) is 4.99. The molecular formula is C12H14BrNO3. The Morgan fingerprint density at radius 2 is 2.12 bits per heavy atom. The van der Waals surface area contributed by atoms with Gasteiger partial charge in [0, 0.05) is 29.0 Å². The molecule has 0 spiro atoms. The third-order valence-electron chi connectivity index (χ3n) is 1.69. The van der Waals surface area contributed by atoms with Gasteiger partial charge in [0.25, 0.3) is 5.56 Å². The van der Waals surface area contributed by atoms with Gasteiger partial charge in [-0.2, -0.15) is 0 Å². The third-order valence-corrected chi connectivity index (χ3v) is 2.18. The van der Waals surface area contributed by atoms with Crippen LogP contribution in [0.3, 0.4) is 0 Å². The maximum Gasteiger partial charge on any atom is 0.332 e. The van der Waals surface area contributed by atoms with E-state index in [1.807, 2.05) is 0 Å². The molecule has 0 fully saturated rings. The Hall–Kier alpha value is -1.36. The fraction of sp³-hybridized carbons (Fsp3) is 0.333. The van der Waals surface area contributed by atoms with Gasteiger partial charge in [-0.3, -0.25) is 9.36 Å². The lowest BCUT2D eigenvalue weighted by Gasteiger charge is -2.17. The van der Waals surface area contributed by atoms with Crippen LogP contribution in [0.5, 0.6) is 0 Å². The summed E-state index contributed by atoms with van der Waals surface area (Å²) in [6.07, 6.45) is 4.16. The molecule has 1 rings (SSSR count). The highest BCUT2D eigenvalue weighted by Gasteiger charge is 2.13. The van der Waals surface area contributed by atoms with Crippen molar-refractivity contribution in [1.82, 2.24) is 4.57 Å². The summed E-state index contributed by atoms with van der Waals surface area (Å²) in [5.41, 5.74) is -0.759. The Morgan fingerprint density at radius 3 is 2.65 bits per heavy atom. The van der Waals surface area contributed by atoms with Crippen LogP contribution in [0, 0.1) is 0 Å². The predicted octanol–water partition coefficient (Wildman–Crippen LogP) is 2.42. The fourth-order valence-corrected chi connectivity index (χ4v) is 1.38. The van der Waals surface area contributed by atoms with E-state index in [2.05, 4.69) is 15.9 Å². The molecule has 5 heteroatoms. The number of halogens is 1. The van der Waals surface area contributed by atoms with E-state index >= 15 is 0 Å². The Bertz CT molecular complexity index is 497. The molecule has 0 saturated carbocycles. The van der Waals surface area contributed by atoms with Gasteiger partial charge in [-0.15, -0.1) is 0 Å². The summed E-state index contributed by atoms with van der Waals surface area (Å²) in [5.74, 6) is -0.479. The van der Waals surface area contributed by atoms with Gasteiger partial charge in [-0.1, -0.05) is 15.9 Å². The van der Waals surface area contributed by atoms with Crippen molar-refractivity contribution in [2.75, 3.05) is 0 Å². The average Bonchev–Trinajstić information content (AvgIpc) is 2.13. The minimum Gasteiger partial charge on any atom is -0.457 e. The first-order valence-electron chi connectivity index (χ1n) is 5.07. The monoisotopic (exact) mass is 299 g/mol. The van der Waals surface area contributed by atoms with Crippen LogP contribution in [-0.2, 0) is 9.53 Å². The van der Waals surface area contributed by atoms with Crippen molar-refractivity contribution in [2.45, 2.75) is 26.4 Å². The summed E-state index contributed by atoms with van der Waals surface area (Å²) in [6.45, 7) is 5.35. The molecule has 0 aliphatic rings. The molecular weight excluding hydrogens is 286 g/mol. The summed E-state index contributed by atoms with van der Waals surface area (Å²) in [7, 11) is 0. The van der Waals surface area contributed by atoms with Crippen molar-refractivity contribution in [1.29, 1.82) is 0 Å². The van der Waals surface area contributed by atoms with Gasteiger partial charge in [0.1, 0.15) is 5.60 Å². The molecule has 4 nitrogen and oxygen atoms in total. The smallest absolute Gasteiger partial charge is 0.332 e. The van der Waals surface area contributed by atoms with E-state index in [1.165, 1.54) is 22.9 Å². The van der Waals surface area contributed by atoms with Crippen LogP contribution in [0.4, 0.5) is 0 Å². The second-order valence-corrected chi connectivity index (χ2v) is 5.36. The van der Waals surface area contributed by atoms with Gasteiger partial charge in [0.15, 0.2) is 0 Å². The van der Waals surface area contributed by atoms with E-state index in [4.69, 9.17) is 4.74 Å². The molecule has 0 amide bonds. The number of ether oxygens (including phenoxy) is 1. The number of pyridine rings is 1. The molecule has 0 bridgehead atoms. The van der Waals surface area contributed by atoms with Gasteiger partial charge in [0.05, 0.1) is 0 Å². The number of carbonyl (C=O) groups is 1. The SMILES string of the molecule is CC(C)(C)OC(=O)/C=C/n1ccc(Br)cc1=O. The highest BCUT2D eigenvalue weighted by atomic mass is 79.9. The fourth-order valence-electron chi connectivity index (χ4n) is 1.07. The van der Waals surface area contributed by atoms with Crippen LogP contribution in [0.25, 0.3) is 6.20 Å². The molecule has 92 valence electrons. The number of hydrogen-bond acceptors (Lipinski definition) is 3. The molecule has 0 radical (unpaired) electrons. The largest absolute Gasteiger partial charge is 0.457 e. The maximum atomic E-state index is 11.5. The zero-order chi connectivity index (χ0) is 13.1. The summed E-state index contributed by atoms with van der Waals surface area (Å²) in [4.78, 5) is 22.8. The van der Waals surface area contributed by atoms with E-state index in [0.29, 0.717) is 4.47 Å². The number of hydrogen-bond donors (Lipinski definition) is 0. The Labute approximate surface area is 108 Å². The molecule has 0 atom stereocenters. The first kappa shape index (κ1) is 13.7. The molecule has 0 N–H and O–H groups in total. The van der Waals surface area contributed by atoms with Gasteiger partial charge in [-0.05, 0) is 26.8 Å². The normalized spacial score (nSPS) is 11.8. The number of rotatable bonds is 2. The summed E-state index contributed by atoms with van der Waals surface area (Å²) < 4.78 is 7.07. The van der Waals surface area contributed by atoms with Crippen molar-refractivity contribution in [2.24, 2.45) is 0 Å². The molecule has 0 aliphatic heterocycles. The Kier molecular flexibility index (Phi) is 4.28. The Morgan fingerprint density at radius 1 is 1.47 bits per heavy atom. The molecule has 0 aliphatic carbocycles. The zero-order valence-electron chi connectivity index (χ0n) is 9.94. The van der Waals surface area contributed by atoms with Gasteiger partial charge >= 0.3 is 5.97 Å². The predicted molar refractivity (Wildman–Crippen MR) is 69.6 cm³/mol. The van der Waals surface area contributed by atoms with Crippen LogP contribution in [0.1, 0.15) is 20.8 Å². The topological polar surface area (TPSA) is 48.3 Å². The maximum absolute atomic E-state index is 11.5. The molecule has 17 heavy (non-hydrogen) atoms. The van der Waals surface area contributed by atoms with E-state index in [-0.39, 0.29) is 5.56 Å². The molecule has 0 aromatic carbocycles. The molecule has 1 heterocycles. The van der Waals surface area contributed by atoms with E-state index < -0.39 is 11.6 Å². The number of esters is 1. The van der Waals surface area contributed by atoms with Crippen LogP contribution < -0.4 is 5.56 Å². The van der Waals surface area contributed by atoms with E-state index in [9.17, 15) is 9.59 Å². The minimum absolute atomic E-state index is 0.223. The van der Waals surface area contributed by atoms with Crippen molar-refractivity contribution in [3.05, 3.63) is 39.2 Å².